The summed E-state index contributed by atoms with van der Waals surface area (Å²) < 4.78 is 43.9. The number of fused-ring (bicyclic) bond motifs is 1. The van der Waals surface area contributed by atoms with Gasteiger partial charge < -0.3 is 19.2 Å². The van der Waals surface area contributed by atoms with Crippen molar-refractivity contribution in [2.24, 2.45) is 5.92 Å². The molecule has 0 spiro atoms. The number of nitrogens with zero attached hydrogens (tertiary/aromatic N) is 2. The normalized spacial score (nSPS) is 16.7. The van der Waals surface area contributed by atoms with Gasteiger partial charge in [0.05, 0.1) is 25.0 Å². The van der Waals surface area contributed by atoms with Crippen molar-refractivity contribution in [1.82, 2.24) is 9.29 Å². The topological polar surface area (TPSA) is 111 Å². The number of carbonyl (C=O) groups excluding carboxylic acids is 1. The van der Waals surface area contributed by atoms with Gasteiger partial charge in [0.2, 0.25) is 15.9 Å². The van der Waals surface area contributed by atoms with Crippen LogP contribution in [0.4, 0.5) is 5.13 Å². The molecule has 4 aromatic rings. The summed E-state index contributed by atoms with van der Waals surface area (Å²) in [6.45, 7) is 0.486. The number of hydrogen-bond donors (Lipinski definition) is 1. The highest BCUT2D eigenvalue weighted by molar-refractivity contribution is 7.89. The second-order valence-electron chi connectivity index (χ2n) is 8.42. The molecule has 11 heteroatoms. The molecule has 1 N–H and O–H groups in total. The second kappa shape index (κ2) is 9.92. The van der Waals surface area contributed by atoms with Crippen molar-refractivity contribution in [3.8, 4) is 23.0 Å². The molecule has 5 rings (SSSR count). The van der Waals surface area contributed by atoms with E-state index in [-0.39, 0.29) is 17.3 Å². The van der Waals surface area contributed by atoms with Gasteiger partial charge in [-0.15, -0.1) is 11.3 Å². The first-order chi connectivity index (χ1) is 17.4. The fourth-order valence-electron chi connectivity index (χ4n) is 4.19. The van der Waals surface area contributed by atoms with E-state index in [0.29, 0.717) is 53.1 Å². The summed E-state index contributed by atoms with van der Waals surface area (Å²) in [5, 5.41) is 6.02. The monoisotopic (exact) mass is 527 g/mol. The third-order valence-electron chi connectivity index (χ3n) is 6.17. The Hall–Kier alpha value is -3.41. The molecule has 1 aliphatic heterocycles. The summed E-state index contributed by atoms with van der Waals surface area (Å²) in [6, 6.07) is 13.7. The number of rotatable bonds is 7. The molecule has 1 aliphatic rings. The lowest BCUT2D eigenvalue weighted by Crippen LogP contribution is -2.43. The average molecular weight is 528 g/mol. The van der Waals surface area contributed by atoms with Crippen molar-refractivity contribution in [2.75, 3.05) is 32.6 Å². The van der Waals surface area contributed by atoms with E-state index in [1.54, 1.807) is 19.2 Å². The Balaban J connectivity index is 1.26. The van der Waals surface area contributed by atoms with Crippen LogP contribution in [0, 0.1) is 5.92 Å². The molecule has 1 fully saturated rings. The van der Waals surface area contributed by atoms with Crippen LogP contribution in [0.3, 0.4) is 0 Å². The molecule has 2 aromatic carbocycles. The molecule has 0 aliphatic carbocycles. The molecule has 1 saturated heterocycles. The number of aromatic nitrogens is 1. The number of furan rings is 1. The predicted molar refractivity (Wildman–Crippen MR) is 137 cm³/mol. The number of carbonyl (C=O) groups is 1. The maximum Gasteiger partial charge on any atom is 0.243 e. The first kappa shape index (κ1) is 24.3. The predicted octanol–water partition coefficient (Wildman–Crippen LogP) is 4.61. The summed E-state index contributed by atoms with van der Waals surface area (Å²) in [7, 11) is -0.590. The Morgan fingerprint density at radius 3 is 2.61 bits per heavy atom. The first-order valence-electron chi connectivity index (χ1n) is 11.4. The molecule has 0 radical (unpaired) electrons. The maximum atomic E-state index is 13.1. The van der Waals surface area contributed by atoms with Gasteiger partial charge >= 0.3 is 0 Å². The summed E-state index contributed by atoms with van der Waals surface area (Å²) in [5.74, 6) is 1.14. The van der Waals surface area contributed by atoms with E-state index >= 15 is 0 Å². The largest absolute Gasteiger partial charge is 0.497 e. The molecule has 0 saturated carbocycles. The SMILES string of the molecule is COc1ccc(S(=O)(=O)N2CCCC(C(=O)Nc3nc(-c4cc5ccc(OC)cc5o4)cs3)C2)cc1. The summed E-state index contributed by atoms with van der Waals surface area (Å²) in [5.41, 5.74) is 1.29. The van der Waals surface area contributed by atoms with Gasteiger partial charge in [-0.3, -0.25) is 4.79 Å². The molecular formula is C25H25N3O6S2. The van der Waals surface area contributed by atoms with Gasteiger partial charge in [0.25, 0.3) is 0 Å². The van der Waals surface area contributed by atoms with E-state index in [4.69, 9.17) is 13.9 Å². The van der Waals surface area contributed by atoms with E-state index in [2.05, 4.69) is 10.3 Å². The number of thiazole rings is 1. The molecular weight excluding hydrogens is 502 g/mol. The maximum absolute atomic E-state index is 13.1. The molecule has 1 amide bonds. The third kappa shape index (κ3) is 4.81. The molecule has 0 bridgehead atoms. The standard InChI is InChI=1S/C25H25N3O6S2/c1-32-18-7-9-20(10-8-18)36(30,31)28-11-3-4-17(14-28)24(29)27-25-26-21(15-35-25)23-12-16-5-6-19(33-2)13-22(16)34-23/h5-10,12-13,15,17H,3-4,11,14H2,1-2H3,(H,26,27,29). The second-order valence-corrected chi connectivity index (χ2v) is 11.2. The fraction of sp³-hybridized carbons (Fsp3) is 0.280. The van der Waals surface area contributed by atoms with Crippen LogP contribution in [0.1, 0.15) is 12.8 Å². The zero-order valence-corrected chi connectivity index (χ0v) is 21.4. The van der Waals surface area contributed by atoms with E-state index in [0.717, 1.165) is 5.39 Å². The first-order valence-corrected chi connectivity index (χ1v) is 13.7. The van der Waals surface area contributed by atoms with Gasteiger partial charge in [0.15, 0.2) is 10.9 Å². The molecule has 36 heavy (non-hydrogen) atoms. The van der Waals surface area contributed by atoms with Gasteiger partial charge in [-0.2, -0.15) is 4.31 Å². The van der Waals surface area contributed by atoms with Crippen molar-refractivity contribution in [3.63, 3.8) is 0 Å². The number of piperidine rings is 1. The molecule has 2 aromatic heterocycles. The van der Waals surface area contributed by atoms with Crippen LogP contribution in [-0.2, 0) is 14.8 Å². The highest BCUT2D eigenvalue weighted by Crippen LogP contribution is 2.32. The Morgan fingerprint density at radius 1 is 1.11 bits per heavy atom. The van der Waals surface area contributed by atoms with Crippen LogP contribution in [-0.4, -0.2) is 50.9 Å². The van der Waals surface area contributed by atoms with Crippen LogP contribution in [0.5, 0.6) is 11.5 Å². The van der Waals surface area contributed by atoms with Crippen LogP contribution in [0.15, 0.2) is 63.2 Å². The van der Waals surface area contributed by atoms with Crippen LogP contribution < -0.4 is 14.8 Å². The number of anilines is 1. The van der Waals surface area contributed by atoms with Gasteiger partial charge in [0, 0.05) is 29.9 Å². The van der Waals surface area contributed by atoms with E-state index < -0.39 is 15.9 Å². The van der Waals surface area contributed by atoms with E-state index in [9.17, 15) is 13.2 Å². The highest BCUT2D eigenvalue weighted by Gasteiger charge is 2.33. The highest BCUT2D eigenvalue weighted by atomic mass is 32.2. The lowest BCUT2D eigenvalue weighted by atomic mass is 9.99. The number of amides is 1. The summed E-state index contributed by atoms with van der Waals surface area (Å²) in [4.78, 5) is 17.7. The van der Waals surface area contributed by atoms with Crippen molar-refractivity contribution < 1.29 is 27.1 Å². The fourth-order valence-corrected chi connectivity index (χ4v) is 6.41. The van der Waals surface area contributed by atoms with Gasteiger partial charge in [-0.1, -0.05) is 0 Å². The van der Waals surface area contributed by atoms with Gasteiger partial charge in [-0.05, 0) is 55.3 Å². The smallest absolute Gasteiger partial charge is 0.243 e. The van der Waals surface area contributed by atoms with Crippen LogP contribution in [0.25, 0.3) is 22.4 Å². The zero-order valence-electron chi connectivity index (χ0n) is 19.8. The van der Waals surface area contributed by atoms with Crippen molar-refractivity contribution in [1.29, 1.82) is 0 Å². The Kier molecular flexibility index (Phi) is 6.69. The van der Waals surface area contributed by atoms with Crippen molar-refractivity contribution in [3.05, 3.63) is 53.9 Å². The van der Waals surface area contributed by atoms with Crippen molar-refractivity contribution in [2.45, 2.75) is 17.7 Å². The summed E-state index contributed by atoms with van der Waals surface area (Å²) in [6.07, 6.45) is 1.20. The van der Waals surface area contributed by atoms with E-state index in [1.165, 1.54) is 34.9 Å². The lowest BCUT2D eigenvalue weighted by Gasteiger charge is -2.31. The van der Waals surface area contributed by atoms with Gasteiger partial charge in [0.1, 0.15) is 22.8 Å². The number of sulfonamides is 1. The lowest BCUT2D eigenvalue weighted by molar-refractivity contribution is -0.120. The molecule has 1 unspecified atom stereocenters. The minimum absolute atomic E-state index is 0.115. The minimum atomic E-state index is -3.71. The zero-order chi connectivity index (χ0) is 25.3. The number of benzene rings is 2. The third-order valence-corrected chi connectivity index (χ3v) is 8.80. The van der Waals surface area contributed by atoms with Crippen LogP contribution in [0.2, 0.25) is 0 Å². The quantitative estimate of drug-likeness (QED) is 0.374. The number of methoxy groups -OCH3 is 2. The number of hydrogen-bond acceptors (Lipinski definition) is 8. The molecule has 9 nitrogen and oxygen atoms in total. The van der Waals surface area contributed by atoms with Crippen LogP contribution >= 0.6 is 11.3 Å². The molecule has 1 atom stereocenters. The Morgan fingerprint density at radius 2 is 1.86 bits per heavy atom. The Bertz CT molecular complexity index is 1490. The average Bonchev–Trinajstić information content (AvgIpc) is 3.55. The van der Waals surface area contributed by atoms with E-state index in [1.807, 2.05) is 29.6 Å². The molecule has 3 heterocycles. The minimum Gasteiger partial charge on any atom is -0.497 e. The summed E-state index contributed by atoms with van der Waals surface area (Å²) >= 11 is 1.29. The van der Waals surface area contributed by atoms with Crippen molar-refractivity contribution >= 4 is 43.4 Å². The van der Waals surface area contributed by atoms with Gasteiger partial charge in [-0.25, -0.2) is 13.4 Å². The number of nitrogens with one attached hydrogen (secondary N) is 1. The number of ether oxygens (including phenoxy) is 2. The molecule has 188 valence electrons. The Labute approximate surface area is 212 Å².